The molecular formula is C31H33N9O4. The number of carbonyl (C=O) groups is 1. The van der Waals surface area contributed by atoms with Crippen molar-refractivity contribution in [3.63, 3.8) is 0 Å². The Labute approximate surface area is 253 Å². The molecule has 3 aromatic heterocycles. The molecule has 0 saturated carbocycles. The number of benzene rings is 2. The highest BCUT2D eigenvalue weighted by Crippen LogP contribution is 2.34. The predicted octanol–water partition coefficient (Wildman–Crippen LogP) is 4.53. The summed E-state index contributed by atoms with van der Waals surface area (Å²) >= 11 is 0. The van der Waals surface area contributed by atoms with Crippen LogP contribution in [-0.4, -0.2) is 80.3 Å². The Morgan fingerprint density at radius 3 is 2.82 bits per heavy atom. The van der Waals surface area contributed by atoms with Crippen LogP contribution in [-0.2, 0) is 9.53 Å². The second kappa shape index (κ2) is 13.0. The van der Waals surface area contributed by atoms with Gasteiger partial charge in [-0.1, -0.05) is 6.08 Å². The molecule has 1 amide bonds. The summed E-state index contributed by atoms with van der Waals surface area (Å²) in [5, 5.41) is 15.0. The molecule has 13 nitrogen and oxygen atoms in total. The molecule has 1 atom stereocenters. The average molecular weight is 596 g/mol. The number of rotatable bonds is 11. The van der Waals surface area contributed by atoms with Crippen molar-refractivity contribution >= 4 is 39.6 Å². The van der Waals surface area contributed by atoms with Gasteiger partial charge in [0, 0.05) is 42.4 Å². The molecule has 0 bridgehead atoms. The van der Waals surface area contributed by atoms with Gasteiger partial charge in [-0.3, -0.25) is 14.1 Å². The number of hydrogen-bond acceptors (Lipinski definition) is 11. The minimum Gasteiger partial charge on any atom is -0.489 e. The van der Waals surface area contributed by atoms with Gasteiger partial charge in [-0.05, 0) is 63.2 Å². The standard InChI is InChI=1S/C31H33N9O4/c1-20-13-21(6-8-26(20)44-30-16-28-38-35-19-40(28)18-34-30)36-31-23-14-25(37-29(41)9-7-22-5-4-10-39(22)2)27(43-12-11-42-3)15-24(23)32-17-33-31/h6-9,13-19,22H,4-5,10-12H2,1-3H3,(H,37,41)(H,32,33,36)/b9-7+/t22-/m1/s1. The van der Waals surface area contributed by atoms with Crippen LogP contribution in [0.2, 0.25) is 0 Å². The van der Waals surface area contributed by atoms with Crippen LogP contribution in [0.5, 0.6) is 17.4 Å². The number of amides is 1. The van der Waals surface area contributed by atoms with Gasteiger partial charge in [-0.25, -0.2) is 15.0 Å². The molecule has 5 aromatic rings. The Morgan fingerprint density at radius 2 is 2.00 bits per heavy atom. The maximum absolute atomic E-state index is 13.0. The molecule has 4 heterocycles. The van der Waals surface area contributed by atoms with E-state index in [-0.39, 0.29) is 11.9 Å². The van der Waals surface area contributed by atoms with Crippen LogP contribution < -0.4 is 20.1 Å². The molecule has 0 aliphatic carbocycles. The highest BCUT2D eigenvalue weighted by atomic mass is 16.5. The summed E-state index contributed by atoms with van der Waals surface area (Å²) in [6.45, 7) is 3.70. The van der Waals surface area contributed by atoms with Crippen LogP contribution in [0.4, 0.5) is 17.2 Å². The monoisotopic (exact) mass is 595 g/mol. The fourth-order valence-corrected chi connectivity index (χ4v) is 5.05. The van der Waals surface area contributed by atoms with Crippen molar-refractivity contribution in [2.45, 2.75) is 25.8 Å². The van der Waals surface area contributed by atoms with E-state index in [1.807, 2.05) is 37.3 Å². The zero-order valence-corrected chi connectivity index (χ0v) is 24.7. The minimum absolute atomic E-state index is 0.239. The van der Waals surface area contributed by atoms with Crippen LogP contribution >= 0.6 is 0 Å². The molecule has 1 saturated heterocycles. The van der Waals surface area contributed by atoms with Crippen LogP contribution in [0.25, 0.3) is 16.6 Å². The largest absolute Gasteiger partial charge is 0.489 e. The van der Waals surface area contributed by atoms with E-state index in [1.54, 1.807) is 42.4 Å². The number of nitrogens with zero attached hydrogens (tertiary/aromatic N) is 7. The Balaban J connectivity index is 1.24. The molecule has 13 heteroatoms. The van der Waals surface area contributed by atoms with Gasteiger partial charge in [0.2, 0.25) is 11.8 Å². The second-order valence-corrected chi connectivity index (χ2v) is 10.5. The first-order valence-electron chi connectivity index (χ1n) is 14.3. The van der Waals surface area contributed by atoms with Gasteiger partial charge < -0.3 is 24.8 Å². The van der Waals surface area contributed by atoms with E-state index < -0.39 is 0 Å². The summed E-state index contributed by atoms with van der Waals surface area (Å²) < 4.78 is 18.8. The SMILES string of the molecule is COCCOc1cc2ncnc(Nc3ccc(Oc4cc5nncn5cn4)c(C)c3)c2cc1NC(=O)/C=C/[C@H]1CCCN1C. The lowest BCUT2D eigenvalue weighted by Crippen LogP contribution is -2.23. The molecule has 1 aliphatic rings. The van der Waals surface area contributed by atoms with Crippen molar-refractivity contribution in [2.24, 2.45) is 0 Å². The maximum Gasteiger partial charge on any atom is 0.248 e. The molecule has 2 N–H and O–H groups in total. The van der Waals surface area contributed by atoms with E-state index in [0.29, 0.717) is 58.6 Å². The van der Waals surface area contributed by atoms with Crippen molar-refractivity contribution in [3.05, 3.63) is 73.1 Å². The zero-order chi connectivity index (χ0) is 30.5. The third-order valence-electron chi connectivity index (χ3n) is 7.40. The number of nitrogens with one attached hydrogen (secondary N) is 2. The molecule has 0 spiro atoms. The lowest BCUT2D eigenvalue weighted by Gasteiger charge is -2.16. The lowest BCUT2D eigenvalue weighted by molar-refractivity contribution is -0.112. The molecule has 0 radical (unpaired) electrons. The summed E-state index contributed by atoms with van der Waals surface area (Å²) in [5.74, 6) is 1.90. The molecule has 1 fully saturated rings. The number of carbonyl (C=O) groups excluding carboxylic acids is 1. The first-order chi connectivity index (χ1) is 21.5. The van der Waals surface area contributed by atoms with E-state index in [4.69, 9.17) is 14.2 Å². The van der Waals surface area contributed by atoms with Gasteiger partial charge >= 0.3 is 0 Å². The average Bonchev–Trinajstić information content (AvgIpc) is 3.66. The number of ether oxygens (including phenoxy) is 3. The Morgan fingerprint density at radius 1 is 1.09 bits per heavy atom. The molecule has 1 aliphatic heterocycles. The van der Waals surface area contributed by atoms with E-state index in [1.165, 1.54) is 6.33 Å². The van der Waals surface area contributed by atoms with Crippen LogP contribution in [0.15, 0.2) is 67.5 Å². The molecule has 6 rings (SSSR count). The Bertz CT molecular complexity index is 1820. The van der Waals surface area contributed by atoms with Gasteiger partial charge in [0.1, 0.15) is 42.9 Å². The molecule has 2 aromatic carbocycles. The van der Waals surface area contributed by atoms with E-state index in [9.17, 15) is 4.79 Å². The van der Waals surface area contributed by atoms with Crippen molar-refractivity contribution in [2.75, 3.05) is 44.5 Å². The third-order valence-corrected chi connectivity index (χ3v) is 7.40. The third kappa shape index (κ3) is 6.58. The van der Waals surface area contributed by atoms with E-state index >= 15 is 0 Å². The molecule has 226 valence electrons. The number of anilines is 3. The Kier molecular flexibility index (Phi) is 8.57. The van der Waals surface area contributed by atoms with Gasteiger partial charge in [-0.15, -0.1) is 10.2 Å². The summed E-state index contributed by atoms with van der Waals surface area (Å²) in [5.41, 5.74) is 3.49. The smallest absolute Gasteiger partial charge is 0.248 e. The zero-order valence-electron chi connectivity index (χ0n) is 24.7. The highest BCUT2D eigenvalue weighted by Gasteiger charge is 2.19. The predicted molar refractivity (Wildman–Crippen MR) is 166 cm³/mol. The van der Waals surface area contributed by atoms with Crippen LogP contribution in [0.1, 0.15) is 18.4 Å². The highest BCUT2D eigenvalue weighted by molar-refractivity contribution is 6.03. The maximum atomic E-state index is 13.0. The van der Waals surface area contributed by atoms with Crippen molar-refractivity contribution in [1.82, 2.24) is 34.4 Å². The van der Waals surface area contributed by atoms with Gasteiger partial charge in [0.25, 0.3) is 0 Å². The molecular weight excluding hydrogens is 562 g/mol. The van der Waals surface area contributed by atoms with E-state index in [2.05, 4.69) is 47.7 Å². The van der Waals surface area contributed by atoms with E-state index in [0.717, 1.165) is 30.6 Å². The van der Waals surface area contributed by atoms with Crippen molar-refractivity contribution in [1.29, 1.82) is 0 Å². The van der Waals surface area contributed by atoms with Crippen LogP contribution in [0.3, 0.4) is 0 Å². The normalized spacial score (nSPS) is 15.3. The first kappa shape index (κ1) is 29.0. The van der Waals surface area contributed by atoms with Crippen LogP contribution in [0, 0.1) is 6.92 Å². The van der Waals surface area contributed by atoms with Crippen molar-refractivity contribution < 1.29 is 19.0 Å². The topological polar surface area (TPSA) is 141 Å². The fraction of sp³-hybridized carbons (Fsp3) is 0.290. The number of likely N-dealkylation sites (tertiary alicyclic amines) is 1. The molecule has 44 heavy (non-hydrogen) atoms. The van der Waals surface area contributed by atoms with Gasteiger partial charge in [-0.2, -0.15) is 0 Å². The number of fused-ring (bicyclic) bond motifs is 2. The van der Waals surface area contributed by atoms with Gasteiger partial charge in [0.05, 0.1) is 17.8 Å². The number of aromatic nitrogens is 6. The summed E-state index contributed by atoms with van der Waals surface area (Å²) in [6.07, 6.45) is 10.4. The fourth-order valence-electron chi connectivity index (χ4n) is 5.05. The summed E-state index contributed by atoms with van der Waals surface area (Å²) in [6, 6.07) is 11.3. The first-order valence-corrected chi connectivity index (χ1v) is 14.3. The number of aryl methyl sites for hydroxylation is 1. The quantitative estimate of drug-likeness (QED) is 0.164. The molecule has 0 unspecified atom stereocenters. The summed E-state index contributed by atoms with van der Waals surface area (Å²) in [4.78, 5) is 28.5. The van der Waals surface area contributed by atoms with Gasteiger partial charge in [0.15, 0.2) is 5.65 Å². The van der Waals surface area contributed by atoms with Crippen molar-refractivity contribution in [3.8, 4) is 17.4 Å². The number of methoxy groups -OCH3 is 1. The Hall–Kier alpha value is -5.14. The summed E-state index contributed by atoms with van der Waals surface area (Å²) in [7, 11) is 3.68. The number of likely N-dealkylation sites (N-methyl/N-ethyl adjacent to an activating group) is 1. The lowest BCUT2D eigenvalue weighted by atomic mass is 10.1. The number of hydrogen-bond donors (Lipinski definition) is 2. The minimum atomic E-state index is -0.239. The second-order valence-electron chi connectivity index (χ2n) is 10.5.